The van der Waals surface area contributed by atoms with E-state index in [4.69, 9.17) is 37.9 Å². The molecule has 2 spiro atoms. The minimum absolute atomic E-state index is 0.0109. The fraction of sp³-hybridized carbons (Fsp3) is 0.913. The van der Waals surface area contributed by atoms with Gasteiger partial charge in [0.1, 0.15) is 0 Å². The fourth-order valence-corrected chi connectivity index (χ4v) is 11.5. The second kappa shape index (κ2) is 18.5. The quantitative estimate of drug-likeness (QED) is 0.160. The van der Waals surface area contributed by atoms with Crippen molar-refractivity contribution in [2.75, 3.05) is 13.7 Å². The number of hydrogen-bond acceptors (Lipinski definition) is 13. The Morgan fingerprint density at radius 1 is 0.900 bits per heavy atom. The highest BCUT2D eigenvalue weighted by atomic mass is 16.8. The van der Waals surface area contributed by atoms with Crippen molar-refractivity contribution in [3.8, 4) is 0 Å². The van der Waals surface area contributed by atoms with Gasteiger partial charge in [-0.2, -0.15) is 0 Å². The molecule has 0 aromatic rings. The highest BCUT2D eigenvalue weighted by Gasteiger charge is 2.65. The molecular formula is C46H76O14. The van der Waals surface area contributed by atoms with Crippen LogP contribution in [0, 0.1) is 41.4 Å². The molecule has 0 radical (unpaired) electrons. The summed E-state index contributed by atoms with van der Waals surface area (Å²) in [4.78, 5) is 24.7. The van der Waals surface area contributed by atoms with E-state index >= 15 is 0 Å². The molecule has 4 N–H and O–H groups in total. The standard InChI is InChI=1S/C46H76O14/c1-24(16-25(2)40(49)26(3)17-28(5)42(50)51)35-20-33(48)22-44(56-35)15-14-43(10,60-44)38-21-36(55-39-13-12-34(53-11)32(9)54-39)31(8)46(58-38)30(7)19-37(57-46)41-27(4)18-29(6)45(52,23-47)59-41/h16,24,26-39,41,47-48,52H,12-15,17-23H2,1-11H3,(H,50,51)/b25-16+/t24-,26+,27-,28-,29+,30-,31+,32+,33+,34-,35-,36-,37+,38+,39+,41-,43-,44+,45-,46-/m0/s1. The van der Waals surface area contributed by atoms with Gasteiger partial charge in [-0.15, -0.1) is 0 Å². The van der Waals surface area contributed by atoms with Crippen LogP contribution >= 0.6 is 0 Å². The fourth-order valence-electron chi connectivity index (χ4n) is 11.5. The molecule has 0 aliphatic carbocycles. The summed E-state index contributed by atoms with van der Waals surface area (Å²) < 4.78 is 53.7. The first-order valence-electron chi connectivity index (χ1n) is 22.8. The number of methoxy groups -OCH3 is 1. The molecule has 60 heavy (non-hydrogen) atoms. The molecule has 0 aromatic carbocycles. The van der Waals surface area contributed by atoms with E-state index in [0.717, 1.165) is 6.42 Å². The van der Waals surface area contributed by atoms with Gasteiger partial charge in [-0.25, -0.2) is 0 Å². The highest BCUT2D eigenvalue weighted by Crippen LogP contribution is 2.56. The number of Topliss-reactive ketones (excluding diaryl/α,β-unsaturated/α-hetero) is 1. The second-order valence-electron chi connectivity index (χ2n) is 20.2. The van der Waals surface area contributed by atoms with E-state index in [-0.39, 0.29) is 66.5 Å². The molecule has 0 amide bonds. The summed E-state index contributed by atoms with van der Waals surface area (Å²) in [6.45, 7) is 18.9. The molecule has 0 bridgehead atoms. The zero-order valence-corrected chi connectivity index (χ0v) is 38.0. The number of hydrogen-bond donors (Lipinski definition) is 4. The first-order chi connectivity index (χ1) is 28.1. The van der Waals surface area contributed by atoms with Crippen LogP contribution in [0.25, 0.3) is 0 Å². The zero-order valence-electron chi connectivity index (χ0n) is 38.0. The van der Waals surface area contributed by atoms with Crippen molar-refractivity contribution in [3.63, 3.8) is 0 Å². The van der Waals surface area contributed by atoms with Crippen LogP contribution < -0.4 is 0 Å². The lowest BCUT2D eigenvalue weighted by Gasteiger charge is -2.53. The van der Waals surface area contributed by atoms with E-state index in [2.05, 4.69) is 20.8 Å². The van der Waals surface area contributed by atoms with E-state index in [1.807, 2.05) is 33.8 Å². The third-order valence-electron chi connectivity index (χ3n) is 15.4. The number of rotatable bonds is 13. The van der Waals surface area contributed by atoms with E-state index < -0.39 is 84.2 Å². The van der Waals surface area contributed by atoms with Crippen LogP contribution in [0.5, 0.6) is 0 Å². The summed E-state index contributed by atoms with van der Waals surface area (Å²) in [5, 5.41) is 42.1. The van der Waals surface area contributed by atoms with Crippen LogP contribution in [-0.4, -0.2) is 124 Å². The molecule has 6 aliphatic rings. The Morgan fingerprint density at radius 2 is 1.62 bits per heavy atom. The van der Waals surface area contributed by atoms with Gasteiger partial charge in [-0.1, -0.05) is 54.5 Å². The van der Waals surface area contributed by atoms with Gasteiger partial charge in [-0.3, -0.25) is 9.59 Å². The summed E-state index contributed by atoms with van der Waals surface area (Å²) in [5.41, 5.74) is -0.313. The van der Waals surface area contributed by atoms with Crippen molar-refractivity contribution in [2.45, 2.75) is 212 Å². The molecule has 6 saturated heterocycles. The highest BCUT2D eigenvalue weighted by molar-refractivity contribution is 5.96. The van der Waals surface area contributed by atoms with Crippen molar-refractivity contribution >= 4 is 11.8 Å². The summed E-state index contributed by atoms with van der Waals surface area (Å²) in [6.07, 6.45) is 3.75. The maximum atomic E-state index is 13.3. The Labute approximate surface area is 357 Å². The second-order valence-corrected chi connectivity index (χ2v) is 20.2. The van der Waals surface area contributed by atoms with Crippen molar-refractivity contribution in [1.82, 2.24) is 0 Å². The van der Waals surface area contributed by atoms with E-state index in [9.17, 15) is 30.0 Å². The molecule has 14 heteroatoms. The Bertz CT molecular complexity index is 1540. The number of carbonyl (C=O) groups excluding carboxylic acids is 1. The third kappa shape index (κ3) is 9.60. The maximum absolute atomic E-state index is 13.3. The molecule has 0 saturated carbocycles. The van der Waals surface area contributed by atoms with E-state index in [0.29, 0.717) is 50.5 Å². The molecule has 6 heterocycles. The molecule has 6 fully saturated rings. The van der Waals surface area contributed by atoms with Gasteiger partial charge >= 0.3 is 5.97 Å². The summed E-state index contributed by atoms with van der Waals surface area (Å²) >= 11 is 0. The van der Waals surface area contributed by atoms with Gasteiger partial charge in [0.05, 0.1) is 67.0 Å². The number of ether oxygens (including phenoxy) is 8. The van der Waals surface area contributed by atoms with Gasteiger partial charge < -0.3 is 58.3 Å². The Hall–Kier alpha value is -1.56. The van der Waals surface area contributed by atoms with Crippen LogP contribution in [0.2, 0.25) is 0 Å². The maximum Gasteiger partial charge on any atom is 0.306 e. The molecule has 0 unspecified atom stereocenters. The minimum atomic E-state index is -1.66. The molecule has 6 aliphatic heterocycles. The number of aliphatic hydroxyl groups is 3. The van der Waals surface area contributed by atoms with Crippen LogP contribution in [0.15, 0.2) is 11.6 Å². The Kier molecular flexibility index (Phi) is 14.8. The van der Waals surface area contributed by atoms with E-state index in [1.54, 1.807) is 27.9 Å². The normalized spacial score (nSPS) is 48.0. The molecule has 344 valence electrons. The van der Waals surface area contributed by atoms with Gasteiger partial charge in [0.25, 0.3) is 0 Å². The molecule has 0 aromatic heterocycles. The summed E-state index contributed by atoms with van der Waals surface area (Å²) in [7, 11) is 1.70. The average Bonchev–Trinajstić information content (AvgIpc) is 3.69. The van der Waals surface area contributed by atoms with Gasteiger partial charge in [0.15, 0.2) is 29.4 Å². The molecular weight excluding hydrogens is 776 g/mol. The zero-order chi connectivity index (χ0) is 44.1. The number of carbonyl (C=O) groups is 2. The first kappa shape index (κ1) is 47.9. The Balaban J connectivity index is 1.23. The van der Waals surface area contributed by atoms with Crippen molar-refractivity contribution in [3.05, 3.63) is 11.6 Å². The average molecular weight is 853 g/mol. The van der Waals surface area contributed by atoms with Gasteiger partial charge in [-0.05, 0) is 64.4 Å². The third-order valence-corrected chi connectivity index (χ3v) is 15.4. The number of ketones is 1. The van der Waals surface area contributed by atoms with Crippen LogP contribution in [0.3, 0.4) is 0 Å². The lowest BCUT2D eigenvalue weighted by Crippen LogP contribution is -2.63. The van der Waals surface area contributed by atoms with Crippen molar-refractivity contribution in [2.24, 2.45) is 41.4 Å². The van der Waals surface area contributed by atoms with Gasteiger partial charge in [0.2, 0.25) is 0 Å². The lowest BCUT2D eigenvalue weighted by atomic mass is 9.76. The van der Waals surface area contributed by atoms with E-state index in [1.165, 1.54) is 0 Å². The number of carboxylic acid groups (broad SMARTS) is 1. The lowest BCUT2D eigenvalue weighted by molar-refractivity contribution is -0.389. The van der Waals surface area contributed by atoms with Crippen molar-refractivity contribution in [1.29, 1.82) is 0 Å². The first-order valence-corrected chi connectivity index (χ1v) is 22.8. The van der Waals surface area contributed by atoms with Crippen LogP contribution in [-0.2, 0) is 47.5 Å². The molecule has 6 rings (SSSR count). The minimum Gasteiger partial charge on any atom is -0.481 e. The smallest absolute Gasteiger partial charge is 0.306 e. The van der Waals surface area contributed by atoms with Gasteiger partial charge in [0, 0.05) is 68.8 Å². The number of aliphatic hydroxyl groups excluding tert-OH is 2. The number of allylic oxidation sites excluding steroid dienone is 1. The molecule has 14 nitrogen and oxygen atoms in total. The predicted molar refractivity (Wildman–Crippen MR) is 219 cm³/mol. The van der Waals surface area contributed by atoms with Crippen LogP contribution in [0.4, 0.5) is 0 Å². The monoisotopic (exact) mass is 853 g/mol. The SMILES string of the molecule is CO[C@H]1CC[C@@H](O[C@H]2C[C@H]([C@]3(C)CC[C@]4(C[C@H](O)C[C@@H]([C@@H](C)/C=C(\C)C(=O)[C@H](C)C[C@H](C)C(=O)O)O4)O3)O[C@]3(O[C@@H]([C@H]4O[C@@](O)(CO)[C@H](C)C[C@@H]4C)C[C@@H]3C)[C@@H]2C)O[C@@H]1C. The Morgan fingerprint density at radius 3 is 2.27 bits per heavy atom. The summed E-state index contributed by atoms with van der Waals surface area (Å²) in [5.74, 6) is -6.68. The topological polar surface area (TPSA) is 189 Å². The number of carboxylic acids is 1. The largest absolute Gasteiger partial charge is 0.481 e. The van der Waals surface area contributed by atoms with Crippen LogP contribution in [0.1, 0.15) is 133 Å². The van der Waals surface area contributed by atoms with Crippen molar-refractivity contribution < 1.29 is 67.9 Å². The number of aliphatic carboxylic acids is 1. The summed E-state index contributed by atoms with van der Waals surface area (Å²) in [6, 6.07) is 0. The molecule has 20 atom stereocenters. The predicted octanol–water partition coefficient (Wildman–Crippen LogP) is 5.90.